The molecule has 2 rings (SSSR count). The van der Waals surface area contributed by atoms with Gasteiger partial charge in [-0.15, -0.1) is 5.10 Å². The Morgan fingerprint density at radius 1 is 1.39 bits per heavy atom. The minimum Gasteiger partial charge on any atom is -0.476 e. The molecule has 0 radical (unpaired) electrons. The molecule has 0 spiro atoms. The van der Waals surface area contributed by atoms with Crippen molar-refractivity contribution in [2.75, 3.05) is 19.6 Å². The van der Waals surface area contributed by atoms with Crippen LogP contribution < -0.4 is 5.32 Å². The Hall–Kier alpha value is -2.12. The topological polar surface area (TPSA) is 100 Å². The average molecular weight is 253 g/mol. The van der Waals surface area contributed by atoms with Crippen LogP contribution in [-0.2, 0) is 6.54 Å². The number of rotatable bonds is 4. The summed E-state index contributed by atoms with van der Waals surface area (Å²) in [4.78, 5) is 24.0. The van der Waals surface area contributed by atoms with Gasteiger partial charge in [-0.2, -0.15) is 0 Å². The number of aromatic carboxylic acids is 1. The molecule has 2 heterocycles. The molecule has 0 atom stereocenters. The van der Waals surface area contributed by atoms with Crippen molar-refractivity contribution >= 4 is 12.0 Å². The van der Waals surface area contributed by atoms with Crippen LogP contribution in [0.2, 0.25) is 0 Å². The fourth-order valence-electron chi connectivity index (χ4n) is 1.82. The minimum atomic E-state index is -1.11. The third-order valence-corrected chi connectivity index (χ3v) is 2.77. The van der Waals surface area contributed by atoms with Crippen molar-refractivity contribution in [3.63, 3.8) is 0 Å². The molecule has 2 N–H and O–H groups in total. The Kier molecular flexibility index (Phi) is 3.75. The second kappa shape index (κ2) is 5.48. The molecule has 1 aromatic rings. The van der Waals surface area contributed by atoms with Crippen LogP contribution in [0.15, 0.2) is 6.20 Å². The van der Waals surface area contributed by atoms with Gasteiger partial charge in [0.15, 0.2) is 5.69 Å². The number of hydrogen-bond donors (Lipinski definition) is 2. The van der Waals surface area contributed by atoms with Gasteiger partial charge in [-0.3, -0.25) is 0 Å². The number of urea groups is 1. The summed E-state index contributed by atoms with van der Waals surface area (Å²) in [6, 6.07) is -0.0777. The minimum absolute atomic E-state index is 0.0777. The normalized spacial score (nSPS) is 14.8. The first-order valence-corrected chi connectivity index (χ1v) is 5.83. The number of nitrogens with zero attached hydrogens (tertiary/aromatic N) is 4. The van der Waals surface area contributed by atoms with Gasteiger partial charge in [-0.25, -0.2) is 14.3 Å². The molecule has 0 saturated carbocycles. The maximum atomic E-state index is 11.6. The van der Waals surface area contributed by atoms with Gasteiger partial charge >= 0.3 is 12.0 Å². The fraction of sp³-hybridized carbons (Fsp3) is 0.600. The monoisotopic (exact) mass is 253 g/mol. The van der Waals surface area contributed by atoms with E-state index >= 15 is 0 Å². The lowest BCUT2D eigenvalue weighted by atomic mass is 10.4. The molecule has 1 aromatic heterocycles. The first-order chi connectivity index (χ1) is 8.66. The van der Waals surface area contributed by atoms with Crippen LogP contribution in [0, 0.1) is 0 Å². The van der Waals surface area contributed by atoms with Gasteiger partial charge in [0.2, 0.25) is 0 Å². The van der Waals surface area contributed by atoms with E-state index in [-0.39, 0.29) is 11.7 Å². The van der Waals surface area contributed by atoms with E-state index in [1.807, 2.05) is 0 Å². The van der Waals surface area contributed by atoms with Crippen LogP contribution in [0.3, 0.4) is 0 Å². The predicted octanol–water partition coefficient (Wildman–Crippen LogP) is -0.218. The van der Waals surface area contributed by atoms with Gasteiger partial charge in [0.25, 0.3) is 0 Å². The van der Waals surface area contributed by atoms with E-state index in [0.29, 0.717) is 13.1 Å². The number of hydrogen-bond acceptors (Lipinski definition) is 4. The third-order valence-electron chi connectivity index (χ3n) is 2.77. The summed E-state index contributed by atoms with van der Waals surface area (Å²) in [5, 5.41) is 18.6. The van der Waals surface area contributed by atoms with Crippen molar-refractivity contribution < 1.29 is 14.7 Å². The van der Waals surface area contributed by atoms with E-state index in [0.717, 1.165) is 25.9 Å². The molecule has 8 nitrogen and oxygen atoms in total. The smallest absolute Gasteiger partial charge is 0.358 e. The van der Waals surface area contributed by atoms with Crippen molar-refractivity contribution in [3.05, 3.63) is 11.9 Å². The Labute approximate surface area is 104 Å². The van der Waals surface area contributed by atoms with Gasteiger partial charge in [-0.1, -0.05) is 5.21 Å². The Morgan fingerprint density at radius 3 is 2.72 bits per heavy atom. The Bertz CT molecular complexity index is 438. The van der Waals surface area contributed by atoms with E-state index in [1.54, 1.807) is 4.90 Å². The highest BCUT2D eigenvalue weighted by molar-refractivity contribution is 5.84. The maximum absolute atomic E-state index is 11.6. The van der Waals surface area contributed by atoms with E-state index in [1.165, 1.54) is 10.9 Å². The molecule has 0 unspecified atom stereocenters. The zero-order chi connectivity index (χ0) is 13.0. The van der Waals surface area contributed by atoms with E-state index < -0.39 is 5.97 Å². The molecular formula is C10H15N5O3. The summed E-state index contributed by atoms with van der Waals surface area (Å²) in [5.41, 5.74) is -0.0964. The second-order valence-electron chi connectivity index (χ2n) is 4.10. The highest BCUT2D eigenvalue weighted by atomic mass is 16.4. The van der Waals surface area contributed by atoms with E-state index in [2.05, 4.69) is 15.6 Å². The SMILES string of the molecule is O=C(O)c1cn(CCNC(=O)N2CCCC2)nn1. The molecule has 98 valence electrons. The van der Waals surface area contributed by atoms with Crippen molar-refractivity contribution in [3.8, 4) is 0 Å². The largest absolute Gasteiger partial charge is 0.476 e. The highest BCUT2D eigenvalue weighted by Gasteiger charge is 2.17. The van der Waals surface area contributed by atoms with Crippen molar-refractivity contribution in [1.29, 1.82) is 0 Å². The fourth-order valence-corrected chi connectivity index (χ4v) is 1.82. The summed E-state index contributed by atoms with van der Waals surface area (Å²) < 4.78 is 1.40. The number of carbonyl (C=O) groups excluding carboxylic acids is 1. The number of amides is 2. The van der Waals surface area contributed by atoms with Crippen molar-refractivity contribution in [1.82, 2.24) is 25.2 Å². The Balaban J connectivity index is 1.74. The lowest BCUT2D eigenvalue weighted by Gasteiger charge is -2.15. The van der Waals surface area contributed by atoms with Gasteiger partial charge in [-0.05, 0) is 12.8 Å². The number of carbonyl (C=O) groups is 2. The van der Waals surface area contributed by atoms with Crippen LogP contribution in [-0.4, -0.2) is 56.6 Å². The van der Waals surface area contributed by atoms with Crippen molar-refractivity contribution in [2.24, 2.45) is 0 Å². The molecule has 1 aliphatic heterocycles. The summed E-state index contributed by atoms with van der Waals surface area (Å²) in [6.45, 7) is 2.41. The lowest BCUT2D eigenvalue weighted by molar-refractivity contribution is 0.0690. The average Bonchev–Trinajstić information content (AvgIpc) is 3.00. The summed E-state index contributed by atoms with van der Waals surface area (Å²) in [6.07, 6.45) is 3.45. The molecule has 1 saturated heterocycles. The molecule has 0 bridgehead atoms. The number of carboxylic acids is 1. The van der Waals surface area contributed by atoms with Crippen molar-refractivity contribution in [2.45, 2.75) is 19.4 Å². The zero-order valence-electron chi connectivity index (χ0n) is 9.87. The molecule has 18 heavy (non-hydrogen) atoms. The second-order valence-corrected chi connectivity index (χ2v) is 4.10. The highest BCUT2D eigenvalue weighted by Crippen LogP contribution is 2.06. The lowest BCUT2D eigenvalue weighted by Crippen LogP contribution is -2.39. The van der Waals surface area contributed by atoms with Crippen LogP contribution >= 0.6 is 0 Å². The quantitative estimate of drug-likeness (QED) is 0.772. The maximum Gasteiger partial charge on any atom is 0.358 e. The van der Waals surface area contributed by atoms with Gasteiger partial charge in [0, 0.05) is 19.6 Å². The number of aromatic nitrogens is 3. The van der Waals surface area contributed by atoms with Gasteiger partial charge in [0.1, 0.15) is 0 Å². The molecule has 0 aliphatic carbocycles. The molecule has 8 heteroatoms. The number of nitrogens with one attached hydrogen (secondary N) is 1. The third kappa shape index (κ3) is 2.96. The first kappa shape index (κ1) is 12.3. The van der Waals surface area contributed by atoms with Crippen LogP contribution in [0.4, 0.5) is 4.79 Å². The molecule has 2 amide bonds. The van der Waals surface area contributed by atoms with Crippen LogP contribution in [0.1, 0.15) is 23.3 Å². The predicted molar refractivity (Wildman–Crippen MR) is 61.2 cm³/mol. The molecule has 1 fully saturated rings. The molecule has 1 aliphatic rings. The summed E-state index contributed by atoms with van der Waals surface area (Å²) in [5.74, 6) is -1.11. The van der Waals surface area contributed by atoms with Gasteiger partial charge < -0.3 is 15.3 Å². The summed E-state index contributed by atoms with van der Waals surface area (Å²) >= 11 is 0. The standard InChI is InChI=1S/C10H15N5O3/c16-9(17)8-7-15(13-12-8)6-3-11-10(18)14-4-1-2-5-14/h7H,1-6H2,(H,11,18)(H,16,17). The molecule has 0 aromatic carbocycles. The summed E-state index contributed by atoms with van der Waals surface area (Å²) in [7, 11) is 0. The zero-order valence-corrected chi connectivity index (χ0v) is 9.87. The first-order valence-electron chi connectivity index (χ1n) is 5.83. The number of likely N-dealkylation sites (tertiary alicyclic amines) is 1. The Morgan fingerprint density at radius 2 is 2.11 bits per heavy atom. The van der Waals surface area contributed by atoms with E-state index in [9.17, 15) is 9.59 Å². The van der Waals surface area contributed by atoms with Crippen LogP contribution in [0.25, 0.3) is 0 Å². The van der Waals surface area contributed by atoms with Gasteiger partial charge in [0.05, 0.1) is 12.7 Å². The van der Waals surface area contributed by atoms with E-state index in [4.69, 9.17) is 5.11 Å². The molecular weight excluding hydrogens is 238 g/mol. The van der Waals surface area contributed by atoms with Crippen LogP contribution in [0.5, 0.6) is 0 Å². The number of carboxylic acid groups (broad SMARTS) is 1.